The largest absolute Gasteiger partial charge is 0.463 e. The highest BCUT2D eigenvalue weighted by molar-refractivity contribution is 7.54. The molecule has 6 N–H and O–H groups in total. The number of carbonyl (C=O) groups excluding carboxylic acids is 1. The standard InChI is InChI=1S/C25H34FN6O8P/c1-13(2)37-22(35)14(3)10-41(36,40-16-8-6-5-7-9-16)39-15(4)18-19(33)25(28,11-26)23(38-18)32-12-29-17-20(32)30-24(27)31-21(17)34/h5-9,12-15,18-19,23,33H,10-11,28H2,1-4H3,(H3,27,30,31,34)/t14-,15-,18-,19+,23-,25?,41?/m1/s1. The number of nitrogen functional groups attached to an aromatic ring is 1. The first-order valence-corrected chi connectivity index (χ1v) is 14.6. The van der Waals surface area contributed by atoms with Crippen molar-refractivity contribution in [1.29, 1.82) is 0 Å². The maximum absolute atomic E-state index is 14.5. The Hall–Kier alpha value is -3.36. The molecule has 224 valence electrons. The zero-order chi connectivity index (χ0) is 30.1. The van der Waals surface area contributed by atoms with Crippen LogP contribution < -0.4 is 21.6 Å². The van der Waals surface area contributed by atoms with Gasteiger partial charge in [0.25, 0.3) is 5.56 Å². The Morgan fingerprint density at radius 2 is 1.98 bits per heavy atom. The number of nitrogens with one attached hydrogen (secondary N) is 1. The fraction of sp³-hybridized carbons (Fsp3) is 0.520. The zero-order valence-electron chi connectivity index (χ0n) is 23.0. The third-order valence-electron chi connectivity index (χ3n) is 6.57. The number of anilines is 1. The van der Waals surface area contributed by atoms with E-state index in [1.807, 2.05) is 0 Å². The Kier molecular flexibility index (Phi) is 8.85. The monoisotopic (exact) mass is 596 g/mol. The molecule has 0 saturated carbocycles. The SMILES string of the molecule is CC(C)OC(=O)[C@H](C)CP(=O)(Oc1ccccc1)O[C@H](C)[C@H]1O[C@@H](n2cnc3c(=O)[nH]c(N)nc32)C(N)(CF)[C@H]1O. The molecular formula is C25H34FN6O8P. The molecule has 2 unspecified atom stereocenters. The van der Waals surface area contributed by atoms with Crippen LogP contribution in [0, 0.1) is 5.92 Å². The Bertz CT molecular complexity index is 1490. The summed E-state index contributed by atoms with van der Waals surface area (Å²) in [5, 5.41) is 11.2. The van der Waals surface area contributed by atoms with E-state index in [1.165, 1.54) is 24.7 Å². The van der Waals surface area contributed by atoms with E-state index in [1.54, 1.807) is 44.2 Å². The Labute approximate surface area is 234 Å². The molecule has 1 fully saturated rings. The van der Waals surface area contributed by atoms with Crippen LogP contribution in [0.4, 0.5) is 10.3 Å². The number of imidazole rings is 1. The average molecular weight is 597 g/mol. The van der Waals surface area contributed by atoms with E-state index < -0.39 is 67.9 Å². The van der Waals surface area contributed by atoms with Gasteiger partial charge < -0.3 is 30.6 Å². The second kappa shape index (κ2) is 11.9. The van der Waals surface area contributed by atoms with Gasteiger partial charge in [0.05, 0.1) is 30.6 Å². The van der Waals surface area contributed by atoms with E-state index in [9.17, 15) is 23.7 Å². The van der Waals surface area contributed by atoms with Gasteiger partial charge in [0.1, 0.15) is 30.2 Å². The van der Waals surface area contributed by atoms with Crippen molar-refractivity contribution < 1.29 is 37.4 Å². The van der Waals surface area contributed by atoms with Gasteiger partial charge in [-0.05, 0) is 32.9 Å². The van der Waals surface area contributed by atoms with E-state index >= 15 is 0 Å². The molecular weight excluding hydrogens is 562 g/mol. The van der Waals surface area contributed by atoms with Crippen LogP contribution in [0.3, 0.4) is 0 Å². The first-order chi connectivity index (χ1) is 19.3. The number of H-pyrrole nitrogens is 1. The highest BCUT2D eigenvalue weighted by Crippen LogP contribution is 2.53. The van der Waals surface area contributed by atoms with Crippen LogP contribution in [0.1, 0.15) is 33.9 Å². The molecule has 0 amide bonds. The van der Waals surface area contributed by atoms with Gasteiger partial charge in [-0.2, -0.15) is 4.98 Å². The van der Waals surface area contributed by atoms with Crippen molar-refractivity contribution in [3.05, 3.63) is 47.0 Å². The predicted molar refractivity (Wildman–Crippen MR) is 146 cm³/mol. The maximum atomic E-state index is 14.5. The number of para-hydroxylation sites is 1. The number of aromatic nitrogens is 4. The normalized spacial score (nSPS) is 25.6. The first-order valence-electron chi connectivity index (χ1n) is 12.9. The number of aliphatic hydroxyl groups excluding tert-OH is 1. The summed E-state index contributed by atoms with van der Waals surface area (Å²) in [6.45, 7) is 5.09. The van der Waals surface area contributed by atoms with Crippen LogP contribution in [-0.2, 0) is 23.4 Å². The zero-order valence-corrected chi connectivity index (χ0v) is 23.9. The average Bonchev–Trinajstić information content (AvgIpc) is 3.42. The van der Waals surface area contributed by atoms with Gasteiger partial charge in [0, 0.05) is 0 Å². The number of esters is 1. The number of aromatic amines is 1. The smallest absolute Gasteiger partial charge is 0.380 e. The van der Waals surface area contributed by atoms with Gasteiger partial charge in [-0.15, -0.1) is 0 Å². The molecule has 16 heteroatoms. The summed E-state index contributed by atoms with van der Waals surface area (Å²) in [7, 11) is -4.13. The van der Waals surface area contributed by atoms with Gasteiger partial charge in [-0.3, -0.25) is 23.7 Å². The van der Waals surface area contributed by atoms with Crippen molar-refractivity contribution in [3.63, 3.8) is 0 Å². The lowest BCUT2D eigenvalue weighted by Gasteiger charge is -2.31. The molecule has 3 aromatic rings. The molecule has 7 atom stereocenters. The van der Waals surface area contributed by atoms with Crippen molar-refractivity contribution >= 4 is 30.7 Å². The van der Waals surface area contributed by atoms with Crippen LogP contribution in [0.5, 0.6) is 5.75 Å². The van der Waals surface area contributed by atoms with E-state index in [2.05, 4.69) is 15.0 Å². The maximum Gasteiger partial charge on any atom is 0.380 e. The summed E-state index contributed by atoms with van der Waals surface area (Å²) in [6, 6.07) is 8.19. The quantitative estimate of drug-likeness (QED) is 0.185. The molecule has 1 aliphatic rings. The third kappa shape index (κ3) is 6.28. The fourth-order valence-corrected chi connectivity index (χ4v) is 6.66. The lowest BCUT2D eigenvalue weighted by molar-refractivity contribution is -0.151. The molecule has 2 aromatic heterocycles. The van der Waals surface area contributed by atoms with Crippen molar-refractivity contribution in [1.82, 2.24) is 19.5 Å². The minimum Gasteiger partial charge on any atom is -0.463 e. The first kappa shape index (κ1) is 30.6. The summed E-state index contributed by atoms with van der Waals surface area (Å²) in [5.41, 5.74) is 9.17. The molecule has 1 aliphatic heterocycles. The molecule has 3 heterocycles. The van der Waals surface area contributed by atoms with Crippen LogP contribution >= 0.6 is 7.60 Å². The number of aliphatic hydroxyl groups is 1. The number of hydrogen-bond acceptors (Lipinski definition) is 12. The van der Waals surface area contributed by atoms with E-state index in [-0.39, 0.29) is 29.0 Å². The Morgan fingerprint density at radius 3 is 2.61 bits per heavy atom. The Balaban J connectivity index is 1.63. The lowest BCUT2D eigenvalue weighted by atomic mass is 9.91. The van der Waals surface area contributed by atoms with E-state index in [4.69, 9.17) is 30.0 Å². The predicted octanol–water partition coefficient (Wildman–Crippen LogP) is 1.89. The van der Waals surface area contributed by atoms with Gasteiger partial charge in [-0.25, -0.2) is 13.9 Å². The minimum absolute atomic E-state index is 0.0449. The molecule has 0 spiro atoms. The number of carbonyl (C=O) groups is 1. The van der Waals surface area contributed by atoms with E-state index in [0.29, 0.717) is 0 Å². The van der Waals surface area contributed by atoms with Gasteiger partial charge in [-0.1, -0.05) is 25.1 Å². The molecule has 0 radical (unpaired) electrons. The Morgan fingerprint density at radius 1 is 1.29 bits per heavy atom. The van der Waals surface area contributed by atoms with Crippen LogP contribution in [0.15, 0.2) is 41.5 Å². The summed E-state index contributed by atoms with van der Waals surface area (Å²) in [4.78, 5) is 35.1. The molecule has 1 saturated heterocycles. The number of fused-ring (bicyclic) bond motifs is 1. The number of halogens is 1. The summed E-state index contributed by atoms with van der Waals surface area (Å²) >= 11 is 0. The highest BCUT2D eigenvalue weighted by atomic mass is 31.2. The molecule has 4 rings (SSSR count). The topological polar surface area (TPSA) is 207 Å². The van der Waals surface area contributed by atoms with E-state index in [0.717, 1.165) is 0 Å². The number of hydrogen-bond donors (Lipinski definition) is 4. The van der Waals surface area contributed by atoms with Crippen LogP contribution in [-0.4, -0.2) is 73.4 Å². The summed E-state index contributed by atoms with van der Waals surface area (Å²) < 4.78 is 52.6. The van der Waals surface area contributed by atoms with Crippen molar-refractivity contribution in [2.75, 3.05) is 18.6 Å². The summed E-state index contributed by atoms with van der Waals surface area (Å²) in [5.74, 6) is -1.48. The van der Waals surface area contributed by atoms with Gasteiger partial charge in [0.2, 0.25) is 5.95 Å². The minimum atomic E-state index is -4.13. The lowest BCUT2D eigenvalue weighted by Crippen LogP contribution is -2.57. The molecule has 0 aliphatic carbocycles. The highest BCUT2D eigenvalue weighted by Gasteiger charge is 2.58. The number of benzene rings is 1. The van der Waals surface area contributed by atoms with Crippen LogP contribution in [0.25, 0.3) is 11.2 Å². The molecule has 0 bridgehead atoms. The van der Waals surface area contributed by atoms with Crippen molar-refractivity contribution in [3.8, 4) is 5.75 Å². The second-order valence-electron chi connectivity index (χ2n) is 10.3. The molecule has 1 aromatic carbocycles. The molecule has 14 nitrogen and oxygen atoms in total. The number of ether oxygens (including phenoxy) is 2. The van der Waals surface area contributed by atoms with Crippen LogP contribution in [0.2, 0.25) is 0 Å². The number of nitrogens with two attached hydrogens (primary N) is 2. The third-order valence-corrected chi connectivity index (χ3v) is 8.71. The second-order valence-corrected chi connectivity index (χ2v) is 12.3. The van der Waals surface area contributed by atoms with Gasteiger partial charge >= 0.3 is 13.6 Å². The molecule has 41 heavy (non-hydrogen) atoms. The van der Waals surface area contributed by atoms with Crippen molar-refractivity contribution in [2.45, 2.75) is 63.9 Å². The van der Waals surface area contributed by atoms with Gasteiger partial charge in [0.15, 0.2) is 17.4 Å². The number of alkyl halides is 1. The fourth-order valence-electron chi connectivity index (χ4n) is 4.57. The number of nitrogens with zero attached hydrogens (tertiary/aromatic N) is 3. The van der Waals surface area contributed by atoms with Crippen molar-refractivity contribution in [2.24, 2.45) is 11.7 Å². The number of rotatable bonds is 11. The summed E-state index contributed by atoms with van der Waals surface area (Å²) in [6.07, 6.45) is -5.20.